The van der Waals surface area contributed by atoms with Crippen LogP contribution in [0.1, 0.15) is 38.3 Å². The number of halogens is 2. The highest BCUT2D eigenvalue weighted by atomic mass is 35.5. The number of rotatable bonds is 6. The molecule has 184 valence electrons. The molecule has 2 aliphatic heterocycles. The van der Waals surface area contributed by atoms with E-state index in [2.05, 4.69) is 10.2 Å². The molecule has 3 aliphatic rings. The molecule has 0 spiro atoms. The van der Waals surface area contributed by atoms with Gasteiger partial charge in [-0.3, -0.25) is 14.6 Å². The van der Waals surface area contributed by atoms with Crippen molar-refractivity contribution in [2.75, 3.05) is 39.8 Å². The number of nitrogens with one attached hydrogen (secondary N) is 1. The highest BCUT2D eigenvalue weighted by Crippen LogP contribution is 2.38. The molecule has 4 rings (SSSR count). The molecule has 2 atom stereocenters. The molecule has 0 unspecified atom stereocenters. The van der Waals surface area contributed by atoms with Gasteiger partial charge in [0.2, 0.25) is 5.91 Å². The Bertz CT molecular complexity index is 1030. The van der Waals surface area contributed by atoms with Crippen LogP contribution in [0, 0.1) is 5.92 Å². The predicted octanol–water partition coefficient (Wildman–Crippen LogP) is 3.45. The topological polar surface area (TPSA) is 82.2 Å². The average Bonchev–Trinajstić information content (AvgIpc) is 3.64. The second-order valence-corrected chi connectivity index (χ2v) is 9.84. The van der Waals surface area contributed by atoms with Gasteiger partial charge in [0, 0.05) is 50.9 Å². The largest absolute Gasteiger partial charge is 0.463 e. The normalized spacial score (nSPS) is 23.7. The van der Waals surface area contributed by atoms with Gasteiger partial charge in [0.05, 0.1) is 28.3 Å². The number of esters is 1. The first kappa shape index (κ1) is 24.8. The van der Waals surface area contributed by atoms with Crippen LogP contribution in [0.15, 0.2) is 29.5 Å². The molecule has 0 bridgehead atoms. The van der Waals surface area contributed by atoms with Crippen LogP contribution in [0.5, 0.6) is 0 Å². The minimum atomic E-state index is -0.792. The van der Waals surface area contributed by atoms with Crippen molar-refractivity contribution < 1.29 is 19.1 Å². The van der Waals surface area contributed by atoms with Crippen LogP contribution in [0.3, 0.4) is 0 Å². The van der Waals surface area contributed by atoms with Gasteiger partial charge in [-0.1, -0.05) is 35.3 Å². The zero-order valence-electron chi connectivity index (χ0n) is 19.6. The first-order valence-electron chi connectivity index (χ1n) is 11.6. The number of likely N-dealkylation sites (N-methyl/N-ethyl adjacent to an activating group) is 1. The Balaban J connectivity index is 1.66. The Morgan fingerprint density at radius 2 is 1.94 bits per heavy atom. The van der Waals surface area contributed by atoms with Crippen molar-refractivity contribution in [1.29, 1.82) is 0 Å². The Morgan fingerprint density at radius 1 is 1.21 bits per heavy atom. The van der Waals surface area contributed by atoms with Crippen LogP contribution < -0.4 is 5.32 Å². The van der Waals surface area contributed by atoms with Crippen LogP contribution in [0.2, 0.25) is 10.0 Å². The number of benzene rings is 1. The molecule has 1 saturated carbocycles. The molecule has 1 aromatic carbocycles. The van der Waals surface area contributed by atoms with Crippen molar-refractivity contribution in [2.24, 2.45) is 5.92 Å². The Kier molecular flexibility index (Phi) is 7.40. The summed E-state index contributed by atoms with van der Waals surface area (Å²) in [6, 6.07) is 4.04. The van der Waals surface area contributed by atoms with E-state index >= 15 is 0 Å². The number of carbonyl (C=O) groups is 3. The standard InChI is InChI=1S/C24H30Cl2N4O4/c1-4-34-23(32)19-18(13-29-10-11-30(14(2)12-29)22(31)15-8-9-15)28(3)24(33)27-21(19)16-6-5-7-17(25)20(16)26/h5-7,14-15,21H,4,8-13H2,1-3H3,(H,27,33)/t14-,21-/m1/s1. The lowest BCUT2D eigenvalue weighted by Gasteiger charge is -2.42. The summed E-state index contributed by atoms with van der Waals surface area (Å²) in [6.45, 7) is 6.26. The summed E-state index contributed by atoms with van der Waals surface area (Å²) in [6.07, 6.45) is 1.96. The van der Waals surface area contributed by atoms with E-state index in [-0.39, 0.29) is 35.5 Å². The predicted molar refractivity (Wildman–Crippen MR) is 129 cm³/mol. The molecule has 34 heavy (non-hydrogen) atoms. The fourth-order valence-electron chi connectivity index (χ4n) is 4.66. The van der Waals surface area contributed by atoms with E-state index < -0.39 is 12.0 Å². The van der Waals surface area contributed by atoms with Gasteiger partial charge in [-0.05, 0) is 38.3 Å². The minimum absolute atomic E-state index is 0.0504. The highest BCUT2D eigenvalue weighted by Gasteiger charge is 2.40. The van der Waals surface area contributed by atoms with E-state index in [1.54, 1.807) is 32.2 Å². The number of piperazine rings is 1. The molecule has 1 saturated heterocycles. The van der Waals surface area contributed by atoms with E-state index in [9.17, 15) is 14.4 Å². The van der Waals surface area contributed by atoms with Gasteiger partial charge in [0.25, 0.3) is 0 Å². The fraction of sp³-hybridized carbons (Fsp3) is 0.542. The second-order valence-electron chi connectivity index (χ2n) is 9.06. The first-order valence-corrected chi connectivity index (χ1v) is 12.4. The quantitative estimate of drug-likeness (QED) is 0.595. The average molecular weight is 509 g/mol. The molecule has 8 nitrogen and oxygen atoms in total. The summed E-state index contributed by atoms with van der Waals surface area (Å²) < 4.78 is 5.39. The molecule has 1 aromatic rings. The number of amides is 3. The number of hydrogen-bond acceptors (Lipinski definition) is 5. The zero-order chi connectivity index (χ0) is 24.6. The fourth-order valence-corrected chi connectivity index (χ4v) is 5.07. The third kappa shape index (κ3) is 4.90. The second kappa shape index (κ2) is 10.1. The summed E-state index contributed by atoms with van der Waals surface area (Å²) >= 11 is 12.7. The van der Waals surface area contributed by atoms with Crippen LogP contribution in [-0.4, -0.2) is 78.5 Å². The molecule has 3 amide bonds. The van der Waals surface area contributed by atoms with Gasteiger partial charge < -0.3 is 15.0 Å². The van der Waals surface area contributed by atoms with Crippen LogP contribution in [0.4, 0.5) is 4.79 Å². The van der Waals surface area contributed by atoms with Gasteiger partial charge in [-0.25, -0.2) is 9.59 Å². The maximum Gasteiger partial charge on any atom is 0.338 e. The van der Waals surface area contributed by atoms with E-state index in [0.29, 0.717) is 48.0 Å². The third-order valence-corrected chi connectivity index (χ3v) is 7.49. The Hall–Kier alpha value is -2.29. The van der Waals surface area contributed by atoms with E-state index in [4.69, 9.17) is 27.9 Å². The van der Waals surface area contributed by atoms with E-state index in [1.165, 1.54) is 4.90 Å². The summed E-state index contributed by atoms with van der Waals surface area (Å²) in [5.41, 5.74) is 1.42. The maximum absolute atomic E-state index is 13.2. The minimum Gasteiger partial charge on any atom is -0.463 e. The number of carbonyl (C=O) groups excluding carboxylic acids is 3. The number of ether oxygens (including phenoxy) is 1. The molecule has 2 fully saturated rings. The van der Waals surface area contributed by atoms with Crippen molar-refractivity contribution in [3.05, 3.63) is 45.1 Å². The van der Waals surface area contributed by atoms with Gasteiger partial charge in [0.1, 0.15) is 0 Å². The summed E-state index contributed by atoms with van der Waals surface area (Å²) in [4.78, 5) is 44.3. The smallest absolute Gasteiger partial charge is 0.338 e. The van der Waals surface area contributed by atoms with Gasteiger partial charge in [0.15, 0.2) is 0 Å². The number of hydrogen-bond donors (Lipinski definition) is 1. The maximum atomic E-state index is 13.2. The lowest BCUT2D eigenvalue weighted by atomic mass is 9.94. The number of urea groups is 1. The monoisotopic (exact) mass is 508 g/mol. The van der Waals surface area contributed by atoms with E-state index in [0.717, 1.165) is 12.8 Å². The molecule has 0 aromatic heterocycles. The summed E-state index contributed by atoms with van der Waals surface area (Å²) in [5.74, 6) is -0.0899. The highest BCUT2D eigenvalue weighted by molar-refractivity contribution is 6.42. The van der Waals surface area contributed by atoms with Crippen LogP contribution >= 0.6 is 23.2 Å². The van der Waals surface area contributed by atoms with E-state index in [1.807, 2.05) is 11.8 Å². The van der Waals surface area contributed by atoms with Crippen molar-refractivity contribution in [3.8, 4) is 0 Å². The molecule has 1 N–H and O–H groups in total. The van der Waals surface area contributed by atoms with Gasteiger partial charge >= 0.3 is 12.0 Å². The summed E-state index contributed by atoms with van der Waals surface area (Å²) in [7, 11) is 1.63. The van der Waals surface area contributed by atoms with Crippen molar-refractivity contribution in [2.45, 2.75) is 38.8 Å². The lowest BCUT2D eigenvalue weighted by Crippen LogP contribution is -2.56. The SMILES string of the molecule is CCOC(=O)C1=C(CN2CCN(C(=O)C3CC3)[C@H](C)C2)N(C)C(=O)N[C@@H]1c1cccc(Cl)c1Cl. The van der Waals surface area contributed by atoms with Crippen LogP contribution in [0.25, 0.3) is 0 Å². The molecule has 10 heteroatoms. The Labute approximate surface area is 209 Å². The van der Waals surface area contributed by atoms with Crippen molar-refractivity contribution >= 4 is 41.1 Å². The van der Waals surface area contributed by atoms with Crippen LogP contribution in [-0.2, 0) is 14.3 Å². The molecule has 0 radical (unpaired) electrons. The first-order chi connectivity index (χ1) is 16.2. The molecular weight excluding hydrogens is 479 g/mol. The summed E-state index contributed by atoms with van der Waals surface area (Å²) in [5, 5.41) is 3.49. The Morgan fingerprint density at radius 3 is 2.59 bits per heavy atom. The molecule has 2 heterocycles. The third-order valence-electron chi connectivity index (χ3n) is 6.66. The zero-order valence-corrected chi connectivity index (χ0v) is 21.2. The number of nitrogens with zero attached hydrogens (tertiary/aromatic N) is 3. The molecular formula is C24H30Cl2N4O4. The van der Waals surface area contributed by atoms with Gasteiger partial charge in [-0.15, -0.1) is 0 Å². The lowest BCUT2D eigenvalue weighted by molar-refractivity contribution is -0.139. The van der Waals surface area contributed by atoms with Crippen molar-refractivity contribution in [1.82, 2.24) is 20.0 Å². The van der Waals surface area contributed by atoms with Gasteiger partial charge in [-0.2, -0.15) is 0 Å². The van der Waals surface area contributed by atoms with Crippen molar-refractivity contribution in [3.63, 3.8) is 0 Å². The molecule has 1 aliphatic carbocycles.